The van der Waals surface area contributed by atoms with Gasteiger partial charge in [0.15, 0.2) is 0 Å². The van der Waals surface area contributed by atoms with Gasteiger partial charge in [-0.1, -0.05) is 12.2 Å². The van der Waals surface area contributed by atoms with E-state index in [2.05, 4.69) is 17.5 Å². The van der Waals surface area contributed by atoms with Gasteiger partial charge in [-0.3, -0.25) is 4.79 Å². The normalized spacial score (nSPS) is 43.1. The number of allylic oxidation sites excluding steroid dienone is 2. The molecule has 0 spiro atoms. The summed E-state index contributed by atoms with van der Waals surface area (Å²) in [6.07, 6.45) is 3.91. The van der Waals surface area contributed by atoms with E-state index in [1.54, 1.807) is 0 Å². The minimum Gasteiger partial charge on any atom is -0.424 e. The van der Waals surface area contributed by atoms with Crippen LogP contribution in [0.15, 0.2) is 12.2 Å². The van der Waals surface area contributed by atoms with Crippen LogP contribution in [0.4, 0.5) is 4.79 Å². The summed E-state index contributed by atoms with van der Waals surface area (Å²) in [5.41, 5.74) is 0. The van der Waals surface area contributed by atoms with Crippen molar-refractivity contribution in [2.75, 3.05) is 7.05 Å². The van der Waals surface area contributed by atoms with Gasteiger partial charge in [0.2, 0.25) is 0 Å². The fraction of sp³-hybridized carbons (Fsp3) is 0.636. The monoisotopic (exact) mass is 223 g/mol. The Morgan fingerprint density at radius 3 is 3.00 bits per heavy atom. The fourth-order valence-corrected chi connectivity index (χ4v) is 3.10. The molecule has 5 heteroatoms. The molecule has 5 nitrogen and oxygen atoms in total. The minimum absolute atomic E-state index is 0.0137. The first kappa shape index (κ1) is 9.69. The average Bonchev–Trinajstić information content (AvgIpc) is 2.92. The molecule has 2 bridgehead atoms. The molecule has 3 rings (SSSR count). The number of hydrogen-bond donors (Lipinski definition) is 1. The van der Waals surface area contributed by atoms with Crippen molar-refractivity contribution in [3.8, 4) is 0 Å². The predicted molar refractivity (Wildman–Crippen MR) is 53.1 cm³/mol. The number of cyclic esters (lactones) is 1. The first-order chi connectivity index (χ1) is 7.70. The number of alkyl carbamates (subject to hydrolysis) is 1. The van der Waals surface area contributed by atoms with Crippen LogP contribution < -0.4 is 5.32 Å². The largest absolute Gasteiger partial charge is 0.424 e. The number of rotatable bonds is 1. The minimum atomic E-state index is -0.711. The standard InChI is InChI=1S/C11H13NO4/c1-12-11(14)16-10-8-6-3-2-5(4-6)7(8)9(13)15-10/h2-3,5-8,10H,4H2,1H3,(H,12,14)/t5-,6+,7+,8?,10+/m1/s1. The van der Waals surface area contributed by atoms with Crippen molar-refractivity contribution >= 4 is 12.1 Å². The lowest BCUT2D eigenvalue weighted by Gasteiger charge is -2.21. The molecule has 1 saturated carbocycles. The molecule has 2 aliphatic carbocycles. The van der Waals surface area contributed by atoms with Gasteiger partial charge in [-0.2, -0.15) is 0 Å². The molecule has 1 saturated heterocycles. The van der Waals surface area contributed by atoms with Gasteiger partial charge in [-0.15, -0.1) is 0 Å². The summed E-state index contributed by atoms with van der Waals surface area (Å²) in [6, 6.07) is 0. The number of hydrogen-bond acceptors (Lipinski definition) is 4. The summed E-state index contributed by atoms with van der Waals surface area (Å²) < 4.78 is 10.2. The quantitative estimate of drug-likeness (QED) is 0.524. The highest BCUT2D eigenvalue weighted by Crippen LogP contribution is 2.53. The van der Waals surface area contributed by atoms with Crippen LogP contribution >= 0.6 is 0 Å². The SMILES string of the molecule is CNC(=O)O[C@@H]1OC(=O)[C@@H]2C1[C@H]1C=C[C@@H]2C1. The lowest BCUT2D eigenvalue weighted by molar-refractivity contribution is -0.158. The molecule has 0 aromatic rings. The number of amides is 1. The highest BCUT2D eigenvalue weighted by Gasteiger charge is 2.59. The number of carbonyl (C=O) groups excluding carboxylic acids is 2. The Morgan fingerprint density at radius 2 is 2.25 bits per heavy atom. The Hall–Kier alpha value is -1.52. The predicted octanol–water partition coefficient (Wildman–Crippen LogP) is 0.664. The summed E-state index contributed by atoms with van der Waals surface area (Å²) >= 11 is 0. The molecule has 3 aliphatic rings. The van der Waals surface area contributed by atoms with E-state index >= 15 is 0 Å². The molecule has 5 atom stereocenters. The second-order valence-electron chi connectivity index (χ2n) is 4.51. The first-order valence-electron chi connectivity index (χ1n) is 5.48. The topological polar surface area (TPSA) is 64.6 Å². The van der Waals surface area contributed by atoms with Gasteiger partial charge in [0.1, 0.15) is 0 Å². The highest BCUT2D eigenvalue weighted by atomic mass is 16.7. The molecular formula is C11H13NO4. The van der Waals surface area contributed by atoms with Crippen LogP contribution in [0.5, 0.6) is 0 Å². The highest BCUT2D eigenvalue weighted by molar-refractivity contribution is 5.77. The number of fused-ring (bicyclic) bond motifs is 5. The Morgan fingerprint density at radius 1 is 1.50 bits per heavy atom. The Kier molecular flexibility index (Phi) is 1.96. The van der Waals surface area contributed by atoms with E-state index in [-0.39, 0.29) is 23.7 Å². The smallest absolute Gasteiger partial charge is 0.409 e. The lowest BCUT2D eigenvalue weighted by atomic mass is 9.85. The third-order valence-electron chi connectivity index (χ3n) is 3.77. The summed E-state index contributed by atoms with van der Waals surface area (Å²) in [5.74, 6) is 0.275. The van der Waals surface area contributed by atoms with Gasteiger partial charge in [0.25, 0.3) is 6.29 Å². The molecular weight excluding hydrogens is 210 g/mol. The summed E-state index contributed by atoms with van der Waals surface area (Å²) in [7, 11) is 1.48. The van der Waals surface area contributed by atoms with Crippen LogP contribution in [0.25, 0.3) is 0 Å². The van der Waals surface area contributed by atoms with Crippen molar-refractivity contribution in [1.82, 2.24) is 5.32 Å². The van der Waals surface area contributed by atoms with E-state index in [0.29, 0.717) is 5.92 Å². The molecule has 1 N–H and O–H groups in total. The summed E-state index contributed by atoms with van der Waals surface area (Å²) in [6.45, 7) is 0. The zero-order valence-electron chi connectivity index (χ0n) is 8.88. The average molecular weight is 223 g/mol. The lowest BCUT2D eigenvalue weighted by Crippen LogP contribution is -2.32. The maximum absolute atomic E-state index is 11.7. The summed E-state index contributed by atoms with van der Waals surface area (Å²) in [4.78, 5) is 22.8. The van der Waals surface area contributed by atoms with Gasteiger partial charge >= 0.3 is 12.1 Å². The van der Waals surface area contributed by atoms with Gasteiger partial charge in [-0.25, -0.2) is 4.79 Å². The van der Waals surface area contributed by atoms with Crippen molar-refractivity contribution < 1.29 is 19.1 Å². The van der Waals surface area contributed by atoms with Crippen LogP contribution in [-0.4, -0.2) is 25.4 Å². The van der Waals surface area contributed by atoms with E-state index in [4.69, 9.17) is 9.47 Å². The molecule has 1 amide bonds. The maximum Gasteiger partial charge on any atom is 0.409 e. The number of nitrogens with one attached hydrogen (secondary N) is 1. The Labute approximate surface area is 92.8 Å². The van der Waals surface area contributed by atoms with Gasteiger partial charge in [0.05, 0.1) is 11.8 Å². The van der Waals surface area contributed by atoms with Crippen molar-refractivity contribution in [3.63, 3.8) is 0 Å². The fourth-order valence-electron chi connectivity index (χ4n) is 3.10. The van der Waals surface area contributed by atoms with Crippen LogP contribution in [0, 0.1) is 23.7 Å². The van der Waals surface area contributed by atoms with Crippen LogP contribution in [0.1, 0.15) is 6.42 Å². The number of carbonyl (C=O) groups is 2. The zero-order valence-corrected chi connectivity index (χ0v) is 8.88. The van der Waals surface area contributed by atoms with Crippen molar-refractivity contribution in [2.45, 2.75) is 12.7 Å². The van der Waals surface area contributed by atoms with Crippen molar-refractivity contribution in [3.05, 3.63) is 12.2 Å². The third-order valence-corrected chi connectivity index (χ3v) is 3.77. The molecule has 1 heterocycles. The molecule has 0 aromatic heterocycles. The summed E-state index contributed by atoms with van der Waals surface area (Å²) in [5, 5.41) is 2.36. The van der Waals surface area contributed by atoms with Gasteiger partial charge in [0, 0.05) is 7.05 Å². The Bertz CT molecular complexity index is 378. The third kappa shape index (κ3) is 1.17. The van der Waals surface area contributed by atoms with E-state index in [1.165, 1.54) is 7.05 Å². The molecule has 86 valence electrons. The maximum atomic E-state index is 11.7. The van der Waals surface area contributed by atoms with Crippen LogP contribution in [0.3, 0.4) is 0 Å². The Balaban J connectivity index is 1.80. The second-order valence-corrected chi connectivity index (χ2v) is 4.51. The van der Waals surface area contributed by atoms with E-state index in [9.17, 15) is 9.59 Å². The molecule has 0 aromatic carbocycles. The molecule has 1 unspecified atom stereocenters. The van der Waals surface area contributed by atoms with E-state index in [1.807, 2.05) is 0 Å². The van der Waals surface area contributed by atoms with E-state index < -0.39 is 12.4 Å². The first-order valence-corrected chi connectivity index (χ1v) is 5.48. The molecule has 1 aliphatic heterocycles. The van der Waals surface area contributed by atoms with Gasteiger partial charge in [-0.05, 0) is 18.3 Å². The van der Waals surface area contributed by atoms with E-state index in [0.717, 1.165) is 6.42 Å². The molecule has 2 fully saturated rings. The van der Waals surface area contributed by atoms with Crippen molar-refractivity contribution in [1.29, 1.82) is 0 Å². The molecule has 0 radical (unpaired) electrons. The van der Waals surface area contributed by atoms with Crippen LogP contribution in [0.2, 0.25) is 0 Å². The number of esters is 1. The van der Waals surface area contributed by atoms with Crippen molar-refractivity contribution in [2.24, 2.45) is 23.7 Å². The van der Waals surface area contributed by atoms with Gasteiger partial charge < -0.3 is 14.8 Å². The van der Waals surface area contributed by atoms with Crippen LogP contribution in [-0.2, 0) is 14.3 Å². The number of ether oxygens (including phenoxy) is 2. The molecule has 16 heavy (non-hydrogen) atoms. The second kappa shape index (κ2) is 3.23. The zero-order chi connectivity index (χ0) is 11.3.